The van der Waals surface area contributed by atoms with Crippen molar-refractivity contribution < 1.29 is 14.7 Å². The second kappa shape index (κ2) is 6.74. The van der Waals surface area contributed by atoms with E-state index in [-0.39, 0.29) is 30.7 Å². The molecule has 2 N–H and O–H groups in total. The number of pyridine rings is 1. The summed E-state index contributed by atoms with van der Waals surface area (Å²) in [5, 5.41) is 11.4. The van der Waals surface area contributed by atoms with Crippen LogP contribution in [0.3, 0.4) is 0 Å². The number of hydrogen-bond acceptors (Lipinski definition) is 3. The van der Waals surface area contributed by atoms with Crippen LogP contribution in [0, 0.1) is 5.92 Å². The van der Waals surface area contributed by atoms with Crippen molar-refractivity contribution in [2.45, 2.75) is 32.7 Å². The lowest BCUT2D eigenvalue weighted by atomic mass is 10.0. The predicted molar refractivity (Wildman–Crippen MR) is 66.8 cm³/mol. The number of carbonyl (C=O) groups is 2. The van der Waals surface area contributed by atoms with Crippen molar-refractivity contribution in [3.8, 4) is 0 Å². The molecule has 0 radical (unpaired) electrons. The zero-order valence-electron chi connectivity index (χ0n) is 10.6. The topological polar surface area (TPSA) is 79.3 Å². The quantitative estimate of drug-likeness (QED) is 0.806. The molecule has 1 aromatic rings. The Bertz CT molecular complexity index is 406. The summed E-state index contributed by atoms with van der Waals surface area (Å²) in [7, 11) is 0. The molecule has 0 spiro atoms. The first-order valence-electron chi connectivity index (χ1n) is 5.91. The van der Waals surface area contributed by atoms with Crippen molar-refractivity contribution in [2.24, 2.45) is 5.92 Å². The predicted octanol–water partition coefficient (Wildman–Crippen LogP) is 1.76. The number of hydrogen-bond donors (Lipinski definition) is 2. The highest BCUT2D eigenvalue weighted by Gasteiger charge is 2.15. The van der Waals surface area contributed by atoms with Crippen LogP contribution in [0.25, 0.3) is 0 Å². The van der Waals surface area contributed by atoms with E-state index in [9.17, 15) is 9.59 Å². The fourth-order valence-electron chi connectivity index (χ4n) is 1.69. The van der Waals surface area contributed by atoms with E-state index in [1.165, 1.54) is 0 Å². The monoisotopic (exact) mass is 250 g/mol. The van der Waals surface area contributed by atoms with Gasteiger partial charge in [-0.15, -0.1) is 0 Å². The molecule has 0 aliphatic carbocycles. The van der Waals surface area contributed by atoms with Crippen LogP contribution in [0.2, 0.25) is 0 Å². The summed E-state index contributed by atoms with van der Waals surface area (Å²) in [6.45, 7) is 3.60. The van der Waals surface area contributed by atoms with E-state index in [2.05, 4.69) is 10.3 Å². The smallest absolute Gasteiger partial charge is 0.303 e. The van der Waals surface area contributed by atoms with Gasteiger partial charge < -0.3 is 10.4 Å². The van der Waals surface area contributed by atoms with Gasteiger partial charge in [0.15, 0.2) is 0 Å². The summed E-state index contributed by atoms with van der Waals surface area (Å²) < 4.78 is 0. The summed E-state index contributed by atoms with van der Waals surface area (Å²) in [5.41, 5.74) is 0.789. The highest BCUT2D eigenvalue weighted by Crippen LogP contribution is 2.11. The molecule has 0 aliphatic heterocycles. The lowest BCUT2D eigenvalue weighted by molar-refractivity contribution is -0.138. The average molecular weight is 250 g/mol. The Morgan fingerprint density at radius 2 is 2.06 bits per heavy atom. The Morgan fingerprint density at radius 1 is 1.33 bits per heavy atom. The van der Waals surface area contributed by atoms with Crippen LogP contribution >= 0.6 is 0 Å². The third-order valence-corrected chi connectivity index (χ3v) is 2.57. The minimum atomic E-state index is -0.881. The molecule has 1 aromatic heterocycles. The van der Waals surface area contributed by atoms with Gasteiger partial charge in [0.2, 0.25) is 5.91 Å². The van der Waals surface area contributed by atoms with Gasteiger partial charge in [-0.1, -0.05) is 13.0 Å². The zero-order valence-corrected chi connectivity index (χ0v) is 10.6. The first-order chi connectivity index (χ1) is 8.49. The molecule has 5 nitrogen and oxygen atoms in total. The minimum Gasteiger partial charge on any atom is -0.481 e. The second-order valence-electron chi connectivity index (χ2n) is 4.45. The van der Waals surface area contributed by atoms with E-state index in [1.54, 1.807) is 13.1 Å². The number of carboxylic acid groups (broad SMARTS) is 1. The van der Waals surface area contributed by atoms with Gasteiger partial charge in [0.05, 0.1) is 11.7 Å². The van der Waals surface area contributed by atoms with Crippen molar-refractivity contribution in [3.05, 3.63) is 30.1 Å². The Labute approximate surface area is 106 Å². The number of amides is 1. The van der Waals surface area contributed by atoms with E-state index < -0.39 is 5.97 Å². The van der Waals surface area contributed by atoms with Crippen LogP contribution in [0.15, 0.2) is 24.4 Å². The molecule has 98 valence electrons. The average Bonchev–Trinajstić information content (AvgIpc) is 2.28. The first kappa shape index (κ1) is 14.2. The maximum absolute atomic E-state index is 11.7. The summed E-state index contributed by atoms with van der Waals surface area (Å²) in [4.78, 5) is 26.3. The second-order valence-corrected chi connectivity index (χ2v) is 4.45. The molecular formula is C13H18N2O3. The number of aliphatic carboxylic acids is 1. The summed E-state index contributed by atoms with van der Waals surface area (Å²) >= 11 is 0. The highest BCUT2D eigenvalue weighted by atomic mass is 16.4. The van der Waals surface area contributed by atoms with Crippen molar-refractivity contribution in [2.75, 3.05) is 0 Å². The number of rotatable bonds is 6. The maximum Gasteiger partial charge on any atom is 0.303 e. The van der Waals surface area contributed by atoms with E-state index in [4.69, 9.17) is 5.11 Å². The molecule has 2 atom stereocenters. The van der Waals surface area contributed by atoms with Crippen molar-refractivity contribution in [1.82, 2.24) is 10.3 Å². The van der Waals surface area contributed by atoms with E-state index in [1.807, 2.05) is 25.1 Å². The number of nitrogens with zero attached hydrogens (tertiary/aromatic N) is 1. The van der Waals surface area contributed by atoms with Gasteiger partial charge in [-0.2, -0.15) is 0 Å². The third kappa shape index (κ3) is 4.95. The molecular weight excluding hydrogens is 232 g/mol. The maximum atomic E-state index is 11.7. The Balaban J connectivity index is 2.43. The van der Waals surface area contributed by atoms with Crippen molar-refractivity contribution in [1.29, 1.82) is 0 Å². The normalized spacial score (nSPS) is 13.7. The molecule has 5 heteroatoms. The number of carboxylic acids is 1. The van der Waals surface area contributed by atoms with Gasteiger partial charge in [0, 0.05) is 19.0 Å². The minimum absolute atomic E-state index is 0.00535. The summed E-state index contributed by atoms with van der Waals surface area (Å²) in [5.74, 6) is -1.20. The highest BCUT2D eigenvalue weighted by molar-refractivity contribution is 5.77. The van der Waals surface area contributed by atoms with Crippen LogP contribution in [0.5, 0.6) is 0 Å². The molecule has 1 heterocycles. The van der Waals surface area contributed by atoms with Crippen molar-refractivity contribution >= 4 is 11.9 Å². The molecule has 1 unspecified atom stereocenters. The molecule has 0 saturated heterocycles. The van der Waals surface area contributed by atoms with Crippen LogP contribution < -0.4 is 5.32 Å². The van der Waals surface area contributed by atoms with Gasteiger partial charge in [0.1, 0.15) is 0 Å². The number of aromatic nitrogens is 1. The fraction of sp³-hybridized carbons (Fsp3) is 0.462. The SMILES string of the molecule is CC(CC(=O)O)CC(=O)N[C@H](C)c1ccccn1. The summed E-state index contributed by atoms with van der Waals surface area (Å²) in [6.07, 6.45) is 1.89. The first-order valence-corrected chi connectivity index (χ1v) is 5.91. The fourth-order valence-corrected chi connectivity index (χ4v) is 1.69. The molecule has 0 saturated carbocycles. The van der Waals surface area contributed by atoms with Gasteiger partial charge in [-0.05, 0) is 25.0 Å². The van der Waals surface area contributed by atoms with E-state index >= 15 is 0 Å². The van der Waals surface area contributed by atoms with Gasteiger partial charge in [0.25, 0.3) is 0 Å². The van der Waals surface area contributed by atoms with Gasteiger partial charge in [-0.25, -0.2) is 0 Å². The molecule has 0 bridgehead atoms. The van der Waals surface area contributed by atoms with Crippen LogP contribution in [-0.2, 0) is 9.59 Å². The Hall–Kier alpha value is -1.91. The number of carbonyl (C=O) groups excluding carboxylic acids is 1. The van der Waals surface area contributed by atoms with Crippen LogP contribution in [0.1, 0.15) is 38.4 Å². The van der Waals surface area contributed by atoms with Gasteiger partial charge >= 0.3 is 5.97 Å². The van der Waals surface area contributed by atoms with Crippen molar-refractivity contribution in [3.63, 3.8) is 0 Å². The van der Waals surface area contributed by atoms with Gasteiger partial charge in [-0.3, -0.25) is 14.6 Å². The lowest BCUT2D eigenvalue weighted by Gasteiger charge is -2.15. The Morgan fingerprint density at radius 3 is 2.61 bits per heavy atom. The molecule has 1 rings (SSSR count). The Kier molecular flexibility index (Phi) is 5.30. The van der Waals surface area contributed by atoms with Crippen LogP contribution in [0.4, 0.5) is 0 Å². The largest absolute Gasteiger partial charge is 0.481 e. The van der Waals surface area contributed by atoms with Crippen LogP contribution in [-0.4, -0.2) is 22.0 Å². The van der Waals surface area contributed by atoms with E-state index in [0.29, 0.717) is 0 Å². The standard InChI is InChI=1S/C13H18N2O3/c1-9(8-13(17)18)7-12(16)15-10(2)11-5-3-4-6-14-11/h3-6,9-10H,7-8H2,1-2H3,(H,15,16)(H,17,18)/t9?,10-/m1/s1. The number of nitrogens with one attached hydrogen (secondary N) is 1. The molecule has 0 aromatic carbocycles. The molecule has 1 amide bonds. The summed E-state index contributed by atoms with van der Waals surface area (Å²) in [6, 6.07) is 5.34. The lowest BCUT2D eigenvalue weighted by Crippen LogP contribution is -2.28. The zero-order chi connectivity index (χ0) is 13.5. The molecule has 18 heavy (non-hydrogen) atoms. The van der Waals surface area contributed by atoms with E-state index in [0.717, 1.165) is 5.69 Å². The third-order valence-electron chi connectivity index (χ3n) is 2.57. The molecule has 0 fully saturated rings. The molecule has 0 aliphatic rings.